The summed E-state index contributed by atoms with van der Waals surface area (Å²) >= 11 is 0. The normalized spacial score (nSPS) is 23.5. The third-order valence-electron chi connectivity index (χ3n) is 4.90. The van der Waals surface area contributed by atoms with Crippen LogP contribution in [-0.4, -0.2) is 40.6 Å². The van der Waals surface area contributed by atoms with Crippen LogP contribution in [0.25, 0.3) is 0 Å². The number of rotatable bonds is 2. The average Bonchev–Trinajstić information content (AvgIpc) is 3.15. The van der Waals surface area contributed by atoms with E-state index in [2.05, 4.69) is 5.16 Å². The molecule has 116 valence electrons. The van der Waals surface area contributed by atoms with E-state index in [4.69, 9.17) is 4.52 Å². The first-order valence-electron chi connectivity index (χ1n) is 8.13. The van der Waals surface area contributed by atoms with Crippen molar-refractivity contribution in [3.05, 3.63) is 17.5 Å². The van der Waals surface area contributed by atoms with E-state index in [9.17, 15) is 4.79 Å². The molecule has 0 bridgehead atoms. The predicted octanol–water partition coefficient (Wildman–Crippen LogP) is 3.50. The molecule has 1 aliphatic carbocycles. The van der Waals surface area contributed by atoms with Crippen LogP contribution in [0, 0.1) is 6.92 Å². The molecule has 2 heterocycles. The molecular weight excluding hydrogens is 266 g/mol. The summed E-state index contributed by atoms with van der Waals surface area (Å²) < 4.78 is 5.39. The summed E-state index contributed by atoms with van der Waals surface area (Å²) in [5.41, 5.74) is 0.880. The Morgan fingerprint density at radius 2 is 2.05 bits per heavy atom. The standard InChI is InChI=1S/C16H25N3O2/c1-12-11-15(21-17-12)14-9-6-10-19(14)16(20)18(2)13-7-4-3-5-8-13/h11,13-14H,3-10H2,1-2H3. The zero-order valence-corrected chi connectivity index (χ0v) is 13.0. The van der Waals surface area contributed by atoms with E-state index in [1.807, 2.05) is 29.8 Å². The number of aromatic nitrogens is 1. The van der Waals surface area contributed by atoms with Crippen molar-refractivity contribution < 1.29 is 9.32 Å². The summed E-state index contributed by atoms with van der Waals surface area (Å²) in [6.45, 7) is 2.74. The monoisotopic (exact) mass is 291 g/mol. The summed E-state index contributed by atoms with van der Waals surface area (Å²) in [6.07, 6.45) is 8.08. The summed E-state index contributed by atoms with van der Waals surface area (Å²) in [6, 6.07) is 2.57. The number of likely N-dealkylation sites (tertiary alicyclic amines) is 1. The average molecular weight is 291 g/mol. The topological polar surface area (TPSA) is 49.6 Å². The highest BCUT2D eigenvalue weighted by atomic mass is 16.5. The van der Waals surface area contributed by atoms with Crippen molar-refractivity contribution >= 4 is 6.03 Å². The number of carbonyl (C=O) groups excluding carboxylic acids is 1. The fraction of sp³-hybridized carbons (Fsp3) is 0.750. The molecule has 2 aliphatic rings. The van der Waals surface area contributed by atoms with Gasteiger partial charge in [0.2, 0.25) is 0 Å². The Labute approximate surface area is 126 Å². The molecule has 1 saturated heterocycles. The van der Waals surface area contributed by atoms with Gasteiger partial charge in [-0.15, -0.1) is 0 Å². The molecule has 0 aromatic carbocycles. The zero-order chi connectivity index (χ0) is 14.8. The molecule has 0 N–H and O–H groups in total. The maximum atomic E-state index is 12.8. The largest absolute Gasteiger partial charge is 0.359 e. The second-order valence-electron chi connectivity index (χ2n) is 6.41. The van der Waals surface area contributed by atoms with E-state index < -0.39 is 0 Å². The van der Waals surface area contributed by atoms with Crippen LogP contribution < -0.4 is 0 Å². The summed E-state index contributed by atoms with van der Waals surface area (Å²) in [7, 11) is 1.96. The van der Waals surface area contributed by atoms with E-state index >= 15 is 0 Å². The lowest BCUT2D eigenvalue weighted by molar-refractivity contribution is 0.124. The van der Waals surface area contributed by atoms with Gasteiger partial charge in [-0.3, -0.25) is 0 Å². The molecule has 0 spiro atoms. The first-order chi connectivity index (χ1) is 10.2. The molecular formula is C16H25N3O2. The van der Waals surface area contributed by atoms with E-state index in [-0.39, 0.29) is 12.1 Å². The van der Waals surface area contributed by atoms with Crippen molar-refractivity contribution in [3.63, 3.8) is 0 Å². The summed E-state index contributed by atoms with van der Waals surface area (Å²) in [5, 5.41) is 3.96. The van der Waals surface area contributed by atoms with Gasteiger partial charge >= 0.3 is 6.03 Å². The van der Waals surface area contributed by atoms with Gasteiger partial charge < -0.3 is 14.3 Å². The van der Waals surface area contributed by atoms with Crippen LogP contribution >= 0.6 is 0 Å². The minimum atomic E-state index is 0.0599. The molecule has 1 saturated carbocycles. The van der Waals surface area contributed by atoms with Crippen molar-refractivity contribution in [1.82, 2.24) is 15.0 Å². The smallest absolute Gasteiger partial charge is 0.320 e. The van der Waals surface area contributed by atoms with Gasteiger partial charge in [-0.2, -0.15) is 0 Å². The molecule has 5 heteroatoms. The molecule has 5 nitrogen and oxygen atoms in total. The van der Waals surface area contributed by atoms with Gasteiger partial charge in [0.15, 0.2) is 5.76 Å². The minimum absolute atomic E-state index is 0.0599. The third-order valence-corrected chi connectivity index (χ3v) is 4.90. The number of hydrogen-bond donors (Lipinski definition) is 0. The van der Waals surface area contributed by atoms with Crippen LogP contribution in [0.4, 0.5) is 4.79 Å². The highest BCUT2D eigenvalue weighted by Crippen LogP contribution is 2.34. The highest BCUT2D eigenvalue weighted by molar-refractivity contribution is 5.75. The van der Waals surface area contributed by atoms with Crippen LogP contribution in [0.1, 0.15) is 62.4 Å². The second kappa shape index (κ2) is 6.08. The van der Waals surface area contributed by atoms with Crippen molar-refractivity contribution in [2.24, 2.45) is 0 Å². The van der Waals surface area contributed by atoms with Crippen LogP contribution in [-0.2, 0) is 0 Å². The van der Waals surface area contributed by atoms with E-state index in [1.54, 1.807) is 0 Å². The van der Waals surface area contributed by atoms with Crippen molar-refractivity contribution in [1.29, 1.82) is 0 Å². The fourth-order valence-electron chi connectivity index (χ4n) is 3.66. The van der Waals surface area contributed by atoms with Gasteiger partial charge in [0.25, 0.3) is 0 Å². The second-order valence-corrected chi connectivity index (χ2v) is 6.41. The molecule has 2 fully saturated rings. The lowest BCUT2D eigenvalue weighted by Crippen LogP contribution is -2.46. The zero-order valence-electron chi connectivity index (χ0n) is 13.0. The quantitative estimate of drug-likeness (QED) is 0.838. The molecule has 1 aromatic heterocycles. The van der Waals surface area contributed by atoms with Gasteiger partial charge in [0.1, 0.15) is 0 Å². The fourth-order valence-corrected chi connectivity index (χ4v) is 3.66. The van der Waals surface area contributed by atoms with Gasteiger partial charge in [-0.1, -0.05) is 24.4 Å². The summed E-state index contributed by atoms with van der Waals surface area (Å²) in [4.78, 5) is 16.8. The van der Waals surface area contributed by atoms with Gasteiger partial charge in [0.05, 0.1) is 11.7 Å². The molecule has 2 amide bonds. The van der Waals surface area contributed by atoms with Gasteiger partial charge in [-0.05, 0) is 32.6 Å². The first kappa shape index (κ1) is 14.4. The van der Waals surface area contributed by atoms with Crippen molar-refractivity contribution in [2.45, 2.75) is 64.0 Å². The molecule has 0 radical (unpaired) electrons. The molecule has 1 unspecified atom stereocenters. The lowest BCUT2D eigenvalue weighted by Gasteiger charge is -2.35. The molecule has 1 aromatic rings. The van der Waals surface area contributed by atoms with E-state index in [0.717, 1.165) is 43.7 Å². The molecule has 1 aliphatic heterocycles. The SMILES string of the molecule is Cc1cc(C2CCCN2C(=O)N(C)C2CCCCC2)on1. The van der Waals surface area contributed by atoms with Crippen LogP contribution in [0.3, 0.4) is 0 Å². The number of urea groups is 1. The number of carbonyl (C=O) groups is 1. The van der Waals surface area contributed by atoms with Crippen molar-refractivity contribution in [3.8, 4) is 0 Å². The van der Waals surface area contributed by atoms with Gasteiger partial charge in [0, 0.05) is 25.7 Å². The predicted molar refractivity (Wildman–Crippen MR) is 80.0 cm³/mol. The van der Waals surface area contributed by atoms with E-state index in [1.165, 1.54) is 19.3 Å². The van der Waals surface area contributed by atoms with E-state index in [0.29, 0.717) is 6.04 Å². The Balaban J connectivity index is 1.70. The number of amides is 2. The Bertz CT molecular complexity index is 493. The number of aryl methyl sites for hydroxylation is 1. The van der Waals surface area contributed by atoms with Crippen LogP contribution in [0.2, 0.25) is 0 Å². The summed E-state index contributed by atoms with van der Waals surface area (Å²) in [5.74, 6) is 0.829. The Morgan fingerprint density at radius 3 is 2.71 bits per heavy atom. The minimum Gasteiger partial charge on any atom is -0.359 e. The maximum absolute atomic E-state index is 12.8. The third kappa shape index (κ3) is 2.92. The molecule has 1 atom stereocenters. The van der Waals surface area contributed by atoms with Crippen molar-refractivity contribution in [2.75, 3.05) is 13.6 Å². The highest BCUT2D eigenvalue weighted by Gasteiger charge is 2.36. The Hall–Kier alpha value is -1.52. The van der Waals surface area contributed by atoms with Crippen LogP contribution in [0.15, 0.2) is 10.6 Å². The van der Waals surface area contributed by atoms with Gasteiger partial charge in [-0.25, -0.2) is 4.79 Å². The van der Waals surface area contributed by atoms with Crippen LogP contribution in [0.5, 0.6) is 0 Å². The molecule has 3 rings (SSSR count). The number of nitrogens with zero attached hydrogens (tertiary/aromatic N) is 3. The maximum Gasteiger partial charge on any atom is 0.320 e. The lowest BCUT2D eigenvalue weighted by atomic mass is 9.95. The Kier molecular flexibility index (Phi) is 4.17. The first-order valence-corrected chi connectivity index (χ1v) is 8.13. The molecule has 21 heavy (non-hydrogen) atoms. The Morgan fingerprint density at radius 1 is 1.29 bits per heavy atom. The number of hydrogen-bond acceptors (Lipinski definition) is 3.